The summed E-state index contributed by atoms with van der Waals surface area (Å²) in [6.45, 7) is 0.791. The number of amides is 2. The minimum absolute atomic E-state index is 0.0462. The lowest BCUT2D eigenvalue weighted by molar-refractivity contribution is -0.148. The molecule has 0 aliphatic heterocycles. The summed E-state index contributed by atoms with van der Waals surface area (Å²) in [6, 6.07) is 6.71. The van der Waals surface area contributed by atoms with E-state index in [1.54, 1.807) is 24.3 Å². The van der Waals surface area contributed by atoms with Gasteiger partial charge in [0.2, 0.25) is 5.91 Å². The van der Waals surface area contributed by atoms with Crippen molar-refractivity contribution in [3.8, 4) is 0 Å². The van der Waals surface area contributed by atoms with Crippen LogP contribution in [0.4, 0.5) is 0 Å². The smallest absolute Gasteiger partial charge is 0.310 e. The summed E-state index contributed by atoms with van der Waals surface area (Å²) in [4.78, 5) is 33.1. The van der Waals surface area contributed by atoms with Crippen LogP contribution in [-0.4, -0.2) is 24.4 Å². The molecule has 6 nitrogen and oxygen atoms in total. The highest BCUT2D eigenvalue weighted by Gasteiger charge is 2.08. The molecule has 0 saturated heterocycles. The lowest BCUT2D eigenvalue weighted by atomic mass is 10.2. The second-order valence-corrected chi connectivity index (χ2v) is 4.13. The highest BCUT2D eigenvalue weighted by Crippen LogP contribution is 2.10. The Kier molecular flexibility index (Phi) is 5.81. The predicted molar refractivity (Wildman–Crippen MR) is 68.1 cm³/mol. The molecule has 0 aliphatic rings. The van der Waals surface area contributed by atoms with E-state index >= 15 is 0 Å². The van der Waals surface area contributed by atoms with Gasteiger partial charge in [0, 0.05) is 11.9 Å². The number of carbonyl (C=O) groups is 3. The van der Waals surface area contributed by atoms with Crippen LogP contribution in [0.5, 0.6) is 0 Å². The summed E-state index contributed by atoms with van der Waals surface area (Å²) in [5, 5.41) is 0.576. The van der Waals surface area contributed by atoms with E-state index in [2.05, 4.69) is 10.9 Å². The first kappa shape index (κ1) is 15.0. The Balaban J connectivity index is 2.29. The summed E-state index contributed by atoms with van der Waals surface area (Å²) in [7, 11) is 0. The Bertz CT molecular complexity index is 473. The first-order valence-corrected chi connectivity index (χ1v) is 5.80. The number of esters is 1. The van der Waals surface area contributed by atoms with Gasteiger partial charge < -0.3 is 4.74 Å². The molecule has 0 saturated carbocycles. The molecule has 19 heavy (non-hydrogen) atoms. The molecule has 0 radical (unpaired) electrons. The quantitative estimate of drug-likeness (QED) is 0.626. The van der Waals surface area contributed by atoms with Crippen LogP contribution in [0.25, 0.3) is 0 Å². The van der Waals surface area contributed by atoms with Crippen LogP contribution in [0.15, 0.2) is 24.3 Å². The minimum Gasteiger partial charge on any atom is -0.455 e. The zero-order valence-electron chi connectivity index (χ0n) is 10.2. The van der Waals surface area contributed by atoms with Gasteiger partial charge in [-0.1, -0.05) is 23.7 Å². The van der Waals surface area contributed by atoms with E-state index in [4.69, 9.17) is 16.3 Å². The average Bonchev–Trinajstić information content (AvgIpc) is 2.36. The van der Waals surface area contributed by atoms with Crippen LogP contribution in [0.3, 0.4) is 0 Å². The molecule has 7 heteroatoms. The number of ether oxygens (including phenoxy) is 1. The van der Waals surface area contributed by atoms with Crippen molar-refractivity contribution in [3.05, 3.63) is 34.9 Å². The van der Waals surface area contributed by atoms with Crippen LogP contribution in [-0.2, 0) is 25.5 Å². The Morgan fingerprint density at radius 2 is 1.79 bits per heavy atom. The molecule has 1 rings (SSSR count). The van der Waals surface area contributed by atoms with Crippen molar-refractivity contribution in [3.63, 3.8) is 0 Å². The van der Waals surface area contributed by atoms with Gasteiger partial charge in [-0.25, -0.2) is 0 Å². The molecule has 0 aliphatic carbocycles. The van der Waals surface area contributed by atoms with Gasteiger partial charge in [-0.15, -0.1) is 0 Å². The van der Waals surface area contributed by atoms with Crippen LogP contribution in [0, 0.1) is 0 Å². The van der Waals surface area contributed by atoms with E-state index < -0.39 is 24.4 Å². The van der Waals surface area contributed by atoms with Crippen LogP contribution >= 0.6 is 11.6 Å². The van der Waals surface area contributed by atoms with Crippen molar-refractivity contribution in [1.82, 2.24) is 10.9 Å². The molecular formula is C12H13ClN2O4. The van der Waals surface area contributed by atoms with Gasteiger partial charge in [0.25, 0.3) is 5.91 Å². The maximum Gasteiger partial charge on any atom is 0.310 e. The number of nitrogens with one attached hydrogen (secondary N) is 2. The molecule has 1 aromatic rings. The Morgan fingerprint density at radius 1 is 1.16 bits per heavy atom. The van der Waals surface area contributed by atoms with Crippen molar-refractivity contribution in [1.29, 1.82) is 0 Å². The third-order valence-electron chi connectivity index (χ3n) is 2.00. The van der Waals surface area contributed by atoms with Gasteiger partial charge in [-0.3, -0.25) is 25.2 Å². The molecule has 2 N–H and O–H groups in total. The van der Waals surface area contributed by atoms with E-state index in [0.717, 1.165) is 5.56 Å². The molecule has 2 amide bonds. The van der Waals surface area contributed by atoms with Crippen LogP contribution in [0.1, 0.15) is 12.5 Å². The summed E-state index contributed by atoms with van der Waals surface area (Å²) in [6.07, 6.45) is 0.0462. The van der Waals surface area contributed by atoms with E-state index in [9.17, 15) is 14.4 Å². The highest BCUT2D eigenvalue weighted by molar-refractivity contribution is 6.30. The number of benzene rings is 1. The molecular weight excluding hydrogens is 272 g/mol. The maximum absolute atomic E-state index is 11.4. The number of rotatable bonds is 4. The standard InChI is InChI=1S/C12H13ClN2O4/c1-8(16)14-15-11(17)7-19-12(18)6-9-2-4-10(13)5-3-9/h2-5H,6-7H2,1H3,(H,14,16)(H,15,17). The molecule has 0 spiro atoms. The minimum atomic E-state index is -0.611. The van der Waals surface area contributed by atoms with Gasteiger partial charge in [0.05, 0.1) is 6.42 Å². The fourth-order valence-corrected chi connectivity index (χ4v) is 1.29. The zero-order valence-corrected chi connectivity index (χ0v) is 11.0. The number of hydrazine groups is 1. The van der Waals surface area contributed by atoms with Gasteiger partial charge in [0.1, 0.15) is 0 Å². The summed E-state index contributed by atoms with van der Waals surface area (Å²) in [5.41, 5.74) is 4.89. The first-order chi connectivity index (χ1) is 8.97. The van der Waals surface area contributed by atoms with Gasteiger partial charge >= 0.3 is 5.97 Å². The Labute approximate surface area is 115 Å². The SMILES string of the molecule is CC(=O)NNC(=O)COC(=O)Cc1ccc(Cl)cc1. The summed E-state index contributed by atoms with van der Waals surface area (Å²) in [5.74, 6) is -1.57. The van der Waals surface area contributed by atoms with Crippen molar-refractivity contribution < 1.29 is 19.1 Å². The molecule has 102 valence electrons. The summed E-state index contributed by atoms with van der Waals surface area (Å²) >= 11 is 5.71. The Morgan fingerprint density at radius 3 is 2.37 bits per heavy atom. The van der Waals surface area contributed by atoms with Crippen molar-refractivity contribution in [2.45, 2.75) is 13.3 Å². The molecule has 1 aromatic carbocycles. The topological polar surface area (TPSA) is 84.5 Å². The van der Waals surface area contributed by atoms with Crippen LogP contribution < -0.4 is 10.9 Å². The number of hydrogen-bond acceptors (Lipinski definition) is 4. The highest BCUT2D eigenvalue weighted by atomic mass is 35.5. The molecule has 0 atom stereocenters. The first-order valence-electron chi connectivity index (χ1n) is 5.43. The second kappa shape index (κ2) is 7.38. The Hall–Kier alpha value is -2.08. The maximum atomic E-state index is 11.4. The predicted octanol–water partition coefficient (Wildman–Crippen LogP) is 0.593. The zero-order chi connectivity index (χ0) is 14.3. The van der Waals surface area contributed by atoms with Crippen molar-refractivity contribution in [2.75, 3.05) is 6.61 Å². The normalized spacial score (nSPS) is 9.58. The van der Waals surface area contributed by atoms with E-state index in [0.29, 0.717) is 5.02 Å². The lowest BCUT2D eigenvalue weighted by Crippen LogP contribution is -2.42. The van der Waals surface area contributed by atoms with E-state index in [-0.39, 0.29) is 6.42 Å². The molecule has 0 fully saturated rings. The van der Waals surface area contributed by atoms with E-state index in [1.165, 1.54) is 6.92 Å². The number of carbonyl (C=O) groups excluding carboxylic acids is 3. The fraction of sp³-hybridized carbons (Fsp3) is 0.250. The monoisotopic (exact) mass is 284 g/mol. The van der Waals surface area contributed by atoms with Gasteiger partial charge in [-0.2, -0.15) is 0 Å². The van der Waals surface area contributed by atoms with Gasteiger partial charge in [-0.05, 0) is 17.7 Å². The molecule has 0 aromatic heterocycles. The molecule has 0 unspecified atom stereocenters. The van der Waals surface area contributed by atoms with Crippen molar-refractivity contribution in [2.24, 2.45) is 0 Å². The molecule has 0 bridgehead atoms. The molecule has 0 heterocycles. The largest absolute Gasteiger partial charge is 0.455 e. The lowest BCUT2D eigenvalue weighted by Gasteiger charge is -2.06. The van der Waals surface area contributed by atoms with Gasteiger partial charge in [0.15, 0.2) is 6.61 Å². The second-order valence-electron chi connectivity index (χ2n) is 3.69. The third-order valence-corrected chi connectivity index (χ3v) is 2.26. The van der Waals surface area contributed by atoms with E-state index in [1.807, 2.05) is 0 Å². The fourth-order valence-electron chi connectivity index (χ4n) is 1.16. The van der Waals surface area contributed by atoms with Crippen molar-refractivity contribution >= 4 is 29.4 Å². The van der Waals surface area contributed by atoms with Crippen LogP contribution in [0.2, 0.25) is 5.02 Å². The summed E-state index contributed by atoms with van der Waals surface area (Å²) < 4.78 is 4.74. The third kappa shape index (κ3) is 6.42. The number of halogens is 1. The average molecular weight is 285 g/mol. The number of hydrogen-bond donors (Lipinski definition) is 2.